The van der Waals surface area contributed by atoms with Crippen molar-refractivity contribution in [3.8, 4) is 6.07 Å². The average Bonchev–Trinajstić information content (AvgIpc) is 2.80. The molecule has 164 valence electrons. The van der Waals surface area contributed by atoms with Crippen LogP contribution in [0.2, 0.25) is 0 Å². The van der Waals surface area contributed by atoms with Crippen LogP contribution < -0.4 is 10.0 Å². The van der Waals surface area contributed by atoms with Crippen LogP contribution in [0.25, 0.3) is 0 Å². The Hall–Kier alpha value is -3.28. The fourth-order valence-electron chi connectivity index (χ4n) is 2.95. The van der Waals surface area contributed by atoms with Crippen molar-refractivity contribution in [1.82, 2.24) is 5.32 Å². The second-order valence-corrected chi connectivity index (χ2v) is 9.81. The summed E-state index contributed by atoms with van der Waals surface area (Å²) >= 11 is 1.63. The highest BCUT2D eigenvalue weighted by atomic mass is 32.2. The maximum absolute atomic E-state index is 12.6. The molecule has 0 bridgehead atoms. The fraction of sp³-hybridized carbons (Fsp3) is 0.167. The van der Waals surface area contributed by atoms with Crippen LogP contribution in [0, 0.1) is 18.3 Å². The number of amides is 1. The number of carbonyl (C=O) groups excluding carboxylic acids is 1. The van der Waals surface area contributed by atoms with Gasteiger partial charge >= 0.3 is 0 Å². The SMILES string of the molecule is Cc1ccccc1NS(=O)(=O)c1ccc(C(=O)NCCSCc2ccccc2C#N)cc1. The molecule has 0 radical (unpaired) electrons. The number of hydrogen-bond acceptors (Lipinski definition) is 5. The van der Waals surface area contributed by atoms with Crippen molar-refractivity contribution < 1.29 is 13.2 Å². The van der Waals surface area contributed by atoms with Gasteiger partial charge < -0.3 is 5.32 Å². The van der Waals surface area contributed by atoms with Crippen molar-refractivity contribution in [3.05, 3.63) is 95.1 Å². The molecular weight excluding hydrogens is 442 g/mol. The molecule has 0 fully saturated rings. The summed E-state index contributed by atoms with van der Waals surface area (Å²) in [6, 6.07) is 22.6. The molecule has 0 spiro atoms. The number of aryl methyl sites for hydroxylation is 1. The van der Waals surface area contributed by atoms with Gasteiger partial charge in [-0.25, -0.2) is 8.42 Å². The topological polar surface area (TPSA) is 99.1 Å². The maximum atomic E-state index is 12.6. The summed E-state index contributed by atoms with van der Waals surface area (Å²) in [6.07, 6.45) is 0. The fourth-order valence-corrected chi connectivity index (χ4v) is 4.95. The van der Waals surface area contributed by atoms with Crippen LogP contribution >= 0.6 is 11.8 Å². The van der Waals surface area contributed by atoms with Crippen LogP contribution in [0.3, 0.4) is 0 Å². The van der Waals surface area contributed by atoms with Crippen molar-refractivity contribution in [2.45, 2.75) is 17.6 Å². The zero-order valence-corrected chi connectivity index (χ0v) is 19.2. The summed E-state index contributed by atoms with van der Waals surface area (Å²) in [4.78, 5) is 12.4. The molecule has 3 rings (SSSR count). The van der Waals surface area contributed by atoms with Crippen LogP contribution in [-0.2, 0) is 15.8 Å². The number of hydrogen-bond donors (Lipinski definition) is 2. The zero-order valence-electron chi connectivity index (χ0n) is 17.5. The summed E-state index contributed by atoms with van der Waals surface area (Å²) in [5, 5.41) is 11.9. The number of carbonyl (C=O) groups is 1. The van der Waals surface area contributed by atoms with E-state index in [0.29, 0.717) is 34.9 Å². The van der Waals surface area contributed by atoms with Gasteiger partial charge in [-0.2, -0.15) is 17.0 Å². The minimum atomic E-state index is -3.74. The van der Waals surface area contributed by atoms with Gasteiger partial charge in [0.05, 0.1) is 22.2 Å². The number of benzene rings is 3. The number of anilines is 1. The predicted octanol–water partition coefficient (Wildman–Crippen LogP) is 4.33. The Morgan fingerprint density at radius 2 is 1.69 bits per heavy atom. The Labute approximate surface area is 192 Å². The average molecular weight is 466 g/mol. The van der Waals surface area contributed by atoms with E-state index in [9.17, 15) is 13.2 Å². The second-order valence-electron chi connectivity index (χ2n) is 7.02. The van der Waals surface area contributed by atoms with Gasteiger partial charge in [0.25, 0.3) is 15.9 Å². The van der Waals surface area contributed by atoms with Crippen LogP contribution in [0.1, 0.15) is 27.0 Å². The van der Waals surface area contributed by atoms with Crippen LogP contribution in [0.4, 0.5) is 5.69 Å². The highest BCUT2D eigenvalue weighted by Gasteiger charge is 2.16. The molecule has 0 aromatic heterocycles. The van der Waals surface area contributed by atoms with E-state index in [4.69, 9.17) is 5.26 Å². The molecule has 3 aromatic carbocycles. The first-order chi connectivity index (χ1) is 15.4. The Morgan fingerprint density at radius 3 is 2.41 bits per heavy atom. The van der Waals surface area contributed by atoms with Gasteiger partial charge in [-0.05, 0) is 54.4 Å². The van der Waals surface area contributed by atoms with E-state index in [2.05, 4.69) is 16.1 Å². The predicted molar refractivity (Wildman–Crippen MR) is 128 cm³/mol. The monoisotopic (exact) mass is 465 g/mol. The molecule has 6 nitrogen and oxygen atoms in total. The molecule has 0 aliphatic heterocycles. The van der Waals surface area contributed by atoms with E-state index in [1.54, 1.807) is 30.0 Å². The van der Waals surface area contributed by atoms with E-state index in [1.165, 1.54) is 24.3 Å². The number of rotatable bonds is 9. The molecule has 3 aromatic rings. The van der Waals surface area contributed by atoms with Gasteiger partial charge in [0.2, 0.25) is 0 Å². The molecule has 0 saturated heterocycles. The third kappa shape index (κ3) is 6.13. The number of para-hydroxylation sites is 1. The largest absolute Gasteiger partial charge is 0.351 e. The highest BCUT2D eigenvalue weighted by Crippen LogP contribution is 2.20. The quantitative estimate of drug-likeness (QED) is 0.458. The van der Waals surface area contributed by atoms with Gasteiger partial charge in [-0.3, -0.25) is 9.52 Å². The number of thioether (sulfide) groups is 1. The van der Waals surface area contributed by atoms with Crippen molar-refractivity contribution in [2.24, 2.45) is 0 Å². The van der Waals surface area contributed by atoms with Gasteiger partial charge in [0.15, 0.2) is 0 Å². The minimum absolute atomic E-state index is 0.0871. The molecule has 8 heteroatoms. The zero-order chi connectivity index (χ0) is 23.0. The molecule has 0 heterocycles. The lowest BCUT2D eigenvalue weighted by molar-refractivity contribution is 0.0956. The molecule has 0 saturated carbocycles. The molecular formula is C24H23N3O3S2. The van der Waals surface area contributed by atoms with E-state index in [-0.39, 0.29) is 10.8 Å². The first-order valence-corrected chi connectivity index (χ1v) is 12.6. The normalized spacial score (nSPS) is 10.9. The standard InChI is InChI=1S/C24H23N3O3S2/c1-18-6-2-5-9-23(18)27-32(29,30)22-12-10-19(11-13-22)24(28)26-14-15-31-17-21-8-4-3-7-20(21)16-25/h2-13,27H,14-15,17H2,1H3,(H,26,28). The van der Waals surface area contributed by atoms with Crippen LogP contribution in [0.5, 0.6) is 0 Å². The summed E-state index contributed by atoms with van der Waals surface area (Å²) in [7, 11) is -3.74. The number of sulfonamides is 1. The summed E-state index contributed by atoms with van der Waals surface area (Å²) in [5.74, 6) is 1.12. The van der Waals surface area contributed by atoms with Crippen molar-refractivity contribution in [3.63, 3.8) is 0 Å². The van der Waals surface area contributed by atoms with E-state index in [1.807, 2.05) is 37.3 Å². The van der Waals surface area contributed by atoms with Gasteiger partial charge in [0, 0.05) is 23.6 Å². The molecule has 0 aliphatic rings. The number of nitriles is 1. The first-order valence-electron chi connectivity index (χ1n) is 9.93. The molecule has 0 aliphatic carbocycles. The lowest BCUT2D eigenvalue weighted by Gasteiger charge is -2.11. The molecule has 0 unspecified atom stereocenters. The summed E-state index contributed by atoms with van der Waals surface area (Å²) in [5.41, 5.74) is 3.36. The summed E-state index contributed by atoms with van der Waals surface area (Å²) < 4.78 is 27.8. The van der Waals surface area contributed by atoms with Gasteiger partial charge in [0.1, 0.15) is 0 Å². The van der Waals surface area contributed by atoms with Crippen molar-refractivity contribution in [2.75, 3.05) is 17.0 Å². The Morgan fingerprint density at radius 1 is 1.00 bits per heavy atom. The Kier molecular flexibility index (Phi) is 7.92. The van der Waals surface area contributed by atoms with E-state index < -0.39 is 10.0 Å². The van der Waals surface area contributed by atoms with E-state index in [0.717, 1.165) is 11.1 Å². The number of nitrogens with one attached hydrogen (secondary N) is 2. The highest BCUT2D eigenvalue weighted by molar-refractivity contribution is 7.98. The van der Waals surface area contributed by atoms with Crippen LogP contribution in [0.15, 0.2) is 77.7 Å². The number of nitrogens with zero attached hydrogens (tertiary/aromatic N) is 1. The van der Waals surface area contributed by atoms with E-state index >= 15 is 0 Å². The third-order valence-corrected chi connectivity index (χ3v) is 7.13. The summed E-state index contributed by atoms with van der Waals surface area (Å²) in [6.45, 7) is 2.29. The van der Waals surface area contributed by atoms with Crippen molar-refractivity contribution in [1.29, 1.82) is 5.26 Å². The Bertz CT molecular complexity index is 1230. The van der Waals surface area contributed by atoms with Gasteiger partial charge in [-0.1, -0.05) is 36.4 Å². The molecule has 2 N–H and O–H groups in total. The smallest absolute Gasteiger partial charge is 0.261 e. The first kappa shape index (κ1) is 23.4. The van der Waals surface area contributed by atoms with Gasteiger partial charge in [-0.15, -0.1) is 0 Å². The molecule has 0 atom stereocenters. The third-order valence-electron chi connectivity index (χ3n) is 4.74. The molecule has 1 amide bonds. The molecule has 32 heavy (non-hydrogen) atoms. The van der Waals surface area contributed by atoms with Crippen LogP contribution in [-0.4, -0.2) is 26.6 Å². The lowest BCUT2D eigenvalue weighted by atomic mass is 10.1. The minimum Gasteiger partial charge on any atom is -0.351 e. The lowest BCUT2D eigenvalue weighted by Crippen LogP contribution is -2.25. The second kappa shape index (κ2) is 10.8. The van der Waals surface area contributed by atoms with Crippen molar-refractivity contribution >= 4 is 33.4 Å². The maximum Gasteiger partial charge on any atom is 0.261 e. The Balaban J connectivity index is 1.50.